The van der Waals surface area contributed by atoms with E-state index in [1.807, 2.05) is 0 Å². The Hall–Kier alpha value is -1.18. The first-order valence-electron chi connectivity index (χ1n) is 3.49. The topological polar surface area (TPSA) is 136 Å². The van der Waals surface area contributed by atoms with Crippen LogP contribution >= 0.6 is 0 Å². The van der Waals surface area contributed by atoms with Crippen LogP contribution in [0, 0.1) is 0 Å². The van der Waals surface area contributed by atoms with Gasteiger partial charge in [-0.2, -0.15) is 0 Å². The summed E-state index contributed by atoms with van der Waals surface area (Å²) in [5.74, 6) is -2.41. The maximum absolute atomic E-state index is 10.2. The lowest BCUT2D eigenvalue weighted by atomic mass is 10.3. The maximum atomic E-state index is 10.2. The first kappa shape index (κ1) is 11.8. The summed E-state index contributed by atoms with van der Waals surface area (Å²) < 4.78 is 4.67. The van der Waals surface area contributed by atoms with E-state index in [0.717, 1.165) is 0 Å². The zero-order valence-electron chi connectivity index (χ0n) is 6.84. The normalized spacial score (nSPS) is 14.9. The molecule has 0 aliphatic carbocycles. The summed E-state index contributed by atoms with van der Waals surface area (Å²) in [6.45, 7) is -0.507. The average Bonchev–Trinajstić information content (AvgIpc) is 2.03. The summed E-state index contributed by atoms with van der Waals surface area (Å²) >= 11 is 0. The summed E-state index contributed by atoms with van der Waals surface area (Å²) in [6, 6.07) is -2.30. The lowest BCUT2D eigenvalue weighted by molar-refractivity contribution is -0.141. The first-order valence-corrected chi connectivity index (χ1v) is 3.49. The smallest absolute Gasteiger partial charge is 0.322 e. The summed E-state index contributed by atoms with van der Waals surface area (Å²) in [5.41, 5.74) is 10.1. The fourth-order valence-electron chi connectivity index (χ4n) is 0.465. The molecule has 13 heavy (non-hydrogen) atoms. The second kappa shape index (κ2) is 5.46. The van der Waals surface area contributed by atoms with E-state index in [1.165, 1.54) is 0 Å². The zero-order valence-corrected chi connectivity index (χ0v) is 6.84. The van der Waals surface area contributed by atoms with E-state index in [9.17, 15) is 9.59 Å². The Kier molecular flexibility index (Phi) is 4.97. The van der Waals surface area contributed by atoms with Gasteiger partial charge in [0.2, 0.25) is 0 Å². The molecule has 0 amide bonds. The summed E-state index contributed by atoms with van der Waals surface area (Å²) in [4.78, 5) is 20.3. The molecule has 6 N–H and O–H groups in total. The summed E-state index contributed by atoms with van der Waals surface area (Å²) in [5, 5.41) is 16.6. The predicted octanol–water partition coefficient (Wildman–Crippen LogP) is -2.17. The minimum Gasteiger partial charge on any atom is -0.480 e. The SMILES string of the molecule is NC(COCC(N)C(=O)O)C(=O)O. The molecule has 7 heteroatoms. The van der Waals surface area contributed by atoms with Gasteiger partial charge in [-0.15, -0.1) is 0 Å². The second-order valence-electron chi connectivity index (χ2n) is 2.43. The summed E-state index contributed by atoms with van der Waals surface area (Å²) in [7, 11) is 0. The Labute approximate surface area is 74.3 Å². The van der Waals surface area contributed by atoms with Crippen molar-refractivity contribution in [3.05, 3.63) is 0 Å². The molecule has 2 atom stereocenters. The van der Waals surface area contributed by atoms with Gasteiger partial charge in [0.05, 0.1) is 13.2 Å². The van der Waals surface area contributed by atoms with Crippen molar-refractivity contribution < 1.29 is 24.5 Å². The van der Waals surface area contributed by atoms with Crippen molar-refractivity contribution in [2.75, 3.05) is 13.2 Å². The predicted molar refractivity (Wildman–Crippen MR) is 42.0 cm³/mol. The minimum absolute atomic E-state index is 0.254. The van der Waals surface area contributed by atoms with Crippen molar-refractivity contribution in [3.8, 4) is 0 Å². The largest absolute Gasteiger partial charge is 0.480 e. The van der Waals surface area contributed by atoms with Gasteiger partial charge in [-0.3, -0.25) is 9.59 Å². The maximum Gasteiger partial charge on any atom is 0.322 e. The summed E-state index contributed by atoms with van der Waals surface area (Å²) in [6.07, 6.45) is 0. The molecule has 0 aromatic heterocycles. The molecule has 0 aliphatic heterocycles. The lowest BCUT2D eigenvalue weighted by Gasteiger charge is -2.09. The Morgan fingerprint density at radius 1 is 1.08 bits per heavy atom. The van der Waals surface area contributed by atoms with Gasteiger partial charge in [0.1, 0.15) is 12.1 Å². The van der Waals surface area contributed by atoms with Gasteiger partial charge in [0.15, 0.2) is 0 Å². The lowest BCUT2D eigenvalue weighted by Crippen LogP contribution is -2.39. The van der Waals surface area contributed by atoms with E-state index in [4.69, 9.17) is 21.7 Å². The van der Waals surface area contributed by atoms with Gasteiger partial charge in [-0.05, 0) is 0 Å². The average molecular weight is 192 g/mol. The number of hydrogen-bond acceptors (Lipinski definition) is 5. The molecule has 0 rings (SSSR count). The van der Waals surface area contributed by atoms with Crippen LogP contribution in [0.25, 0.3) is 0 Å². The molecule has 76 valence electrons. The van der Waals surface area contributed by atoms with E-state index in [0.29, 0.717) is 0 Å². The number of ether oxygens (including phenoxy) is 1. The fourth-order valence-corrected chi connectivity index (χ4v) is 0.465. The Morgan fingerprint density at radius 2 is 1.38 bits per heavy atom. The zero-order chi connectivity index (χ0) is 10.4. The molecular formula is C6H12N2O5. The van der Waals surface area contributed by atoms with Gasteiger partial charge < -0.3 is 26.4 Å². The molecule has 0 aliphatic rings. The third-order valence-electron chi connectivity index (χ3n) is 1.23. The number of hydrogen-bond donors (Lipinski definition) is 4. The molecule has 0 aromatic carbocycles. The first-order chi connectivity index (χ1) is 5.95. The highest BCUT2D eigenvalue weighted by Crippen LogP contribution is 1.85. The molecule has 0 saturated carbocycles. The van der Waals surface area contributed by atoms with Crippen molar-refractivity contribution in [1.82, 2.24) is 0 Å². The number of aliphatic carboxylic acids is 2. The van der Waals surface area contributed by atoms with Gasteiger partial charge in [-0.1, -0.05) is 0 Å². The van der Waals surface area contributed by atoms with Crippen LogP contribution in [0.3, 0.4) is 0 Å². The molecular weight excluding hydrogens is 180 g/mol. The molecule has 2 unspecified atom stereocenters. The van der Waals surface area contributed by atoms with Crippen molar-refractivity contribution in [1.29, 1.82) is 0 Å². The monoisotopic (exact) mass is 192 g/mol. The molecule has 0 saturated heterocycles. The van der Waals surface area contributed by atoms with E-state index >= 15 is 0 Å². The standard InChI is InChI=1S/C6H12N2O5/c7-3(5(9)10)1-13-2-4(8)6(11)12/h3-4H,1-2,7-8H2,(H,9,10)(H,11,12). The van der Waals surface area contributed by atoms with Gasteiger partial charge in [0, 0.05) is 0 Å². The number of carbonyl (C=O) groups is 2. The third kappa shape index (κ3) is 5.12. The van der Waals surface area contributed by atoms with Crippen LogP contribution in [0.1, 0.15) is 0 Å². The fraction of sp³-hybridized carbons (Fsp3) is 0.667. The molecule has 0 bridgehead atoms. The second-order valence-corrected chi connectivity index (χ2v) is 2.43. The Morgan fingerprint density at radius 3 is 1.62 bits per heavy atom. The minimum atomic E-state index is -1.20. The van der Waals surface area contributed by atoms with Crippen LogP contribution in [0.2, 0.25) is 0 Å². The van der Waals surface area contributed by atoms with Crippen LogP contribution in [-0.2, 0) is 14.3 Å². The van der Waals surface area contributed by atoms with Gasteiger partial charge in [0.25, 0.3) is 0 Å². The molecule has 7 nitrogen and oxygen atoms in total. The Balaban J connectivity index is 3.56. The molecule has 0 heterocycles. The van der Waals surface area contributed by atoms with Crippen molar-refractivity contribution in [2.45, 2.75) is 12.1 Å². The van der Waals surface area contributed by atoms with Gasteiger partial charge in [-0.25, -0.2) is 0 Å². The number of carboxylic acids is 2. The van der Waals surface area contributed by atoms with Crippen LogP contribution in [0.15, 0.2) is 0 Å². The van der Waals surface area contributed by atoms with Crippen molar-refractivity contribution in [3.63, 3.8) is 0 Å². The highest BCUT2D eigenvalue weighted by molar-refractivity contribution is 5.73. The van der Waals surface area contributed by atoms with Crippen molar-refractivity contribution >= 4 is 11.9 Å². The van der Waals surface area contributed by atoms with Crippen LogP contribution < -0.4 is 11.5 Å². The van der Waals surface area contributed by atoms with Crippen LogP contribution in [-0.4, -0.2) is 47.4 Å². The third-order valence-corrected chi connectivity index (χ3v) is 1.23. The quantitative estimate of drug-likeness (QED) is 0.375. The molecule has 0 spiro atoms. The highest BCUT2D eigenvalue weighted by Gasteiger charge is 2.15. The number of rotatable bonds is 6. The Bertz CT molecular complexity index is 175. The number of nitrogens with two attached hydrogens (primary N) is 2. The highest BCUT2D eigenvalue weighted by atomic mass is 16.5. The van der Waals surface area contributed by atoms with E-state index in [2.05, 4.69) is 4.74 Å². The van der Waals surface area contributed by atoms with E-state index in [1.54, 1.807) is 0 Å². The van der Waals surface area contributed by atoms with E-state index < -0.39 is 24.0 Å². The van der Waals surface area contributed by atoms with Crippen molar-refractivity contribution in [2.24, 2.45) is 11.5 Å². The molecule has 0 radical (unpaired) electrons. The molecule has 0 aromatic rings. The number of carboxylic acid groups (broad SMARTS) is 2. The van der Waals surface area contributed by atoms with Crippen LogP contribution in [0.5, 0.6) is 0 Å². The van der Waals surface area contributed by atoms with Crippen LogP contribution in [0.4, 0.5) is 0 Å². The van der Waals surface area contributed by atoms with Gasteiger partial charge >= 0.3 is 11.9 Å². The molecule has 0 fully saturated rings. The van der Waals surface area contributed by atoms with E-state index in [-0.39, 0.29) is 13.2 Å².